The van der Waals surface area contributed by atoms with Crippen LogP contribution in [0.15, 0.2) is 23.0 Å². The SMILES string of the molecule is Cn1c(=O)n(C2CCC(=O)NC2=O)c2cccc(CCCN3CCN(C(=O)OC(C)(C)C)CC3)c21. The second-order valence-corrected chi connectivity index (χ2v) is 10.4. The summed E-state index contributed by atoms with van der Waals surface area (Å²) >= 11 is 0. The third-order valence-corrected chi connectivity index (χ3v) is 6.65. The first kappa shape index (κ1) is 25.0. The fourth-order valence-corrected chi connectivity index (χ4v) is 4.92. The summed E-state index contributed by atoms with van der Waals surface area (Å²) in [6.45, 7) is 9.40. The Morgan fingerprint density at radius 2 is 1.83 bits per heavy atom. The molecule has 0 radical (unpaired) electrons. The largest absolute Gasteiger partial charge is 0.444 e. The van der Waals surface area contributed by atoms with Gasteiger partial charge in [-0.15, -0.1) is 0 Å². The van der Waals surface area contributed by atoms with Gasteiger partial charge in [-0.25, -0.2) is 9.59 Å². The molecule has 3 heterocycles. The zero-order valence-corrected chi connectivity index (χ0v) is 21.0. The molecule has 190 valence electrons. The van der Waals surface area contributed by atoms with Crippen LogP contribution in [0, 0.1) is 0 Å². The number of piperidine rings is 1. The molecule has 1 aromatic heterocycles. The number of aryl methyl sites for hydroxylation is 2. The van der Waals surface area contributed by atoms with E-state index in [9.17, 15) is 19.2 Å². The van der Waals surface area contributed by atoms with E-state index < -0.39 is 17.6 Å². The lowest BCUT2D eigenvalue weighted by Crippen LogP contribution is -2.50. The van der Waals surface area contributed by atoms with E-state index in [1.165, 1.54) is 4.57 Å². The Labute approximate surface area is 204 Å². The lowest BCUT2D eigenvalue weighted by atomic mass is 10.0. The number of aromatic nitrogens is 2. The number of nitrogens with zero attached hydrogens (tertiary/aromatic N) is 4. The van der Waals surface area contributed by atoms with Crippen molar-refractivity contribution in [2.45, 2.75) is 58.1 Å². The van der Waals surface area contributed by atoms with Gasteiger partial charge in [0.1, 0.15) is 11.6 Å². The van der Waals surface area contributed by atoms with Gasteiger partial charge in [0.2, 0.25) is 11.8 Å². The molecule has 0 saturated carbocycles. The summed E-state index contributed by atoms with van der Waals surface area (Å²) in [6, 6.07) is 5.12. The number of imidazole rings is 1. The van der Waals surface area contributed by atoms with Crippen molar-refractivity contribution in [2.75, 3.05) is 32.7 Å². The zero-order valence-electron chi connectivity index (χ0n) is 21.0. The molecule has 1 unspecified atom stereocenters. The van der Waals surface area contributed by atoms with Gasteiger partial charge in [0, 0.05) is 39.6 Å². The number of carbonyl (C=O) groups is 3. The zero-order chi connectivity index (χ0) is 25.3. The molecule has 10 heteroatoms. The predicted molar refractivity (Wildman–Crippen MR) is 131 cm³/mol. The van der Waals surface area contributed by atoms with Crippen molar-refractivity contribution >= 4 is 28.9 Å². The molecule has 0 bridgehead atoms. The maximum absolute atomic E-state index is 13.1. The van der Waals surface area contributed by atoms with Crippen LogP contribution in [0.1, 0.15) is 51.6 Å². The van der Waals surface area contributed by atoms with E-state index in [1.54, 1.807) is 16.5 Å². The van der Waals surface area contributed by atoms with Crippen LogP contribution in [0.4, 0.5) is 4.79 Å². The van der Waals surface area contributed by atoms with Gasteiger partial charge in [0.05, 0.1) is 11.0 Å². The number of carbonyl (C=O) groups excluding carboxylic acids is 3. The maximum atomic E-state index is 13.1. The smallest absolute Gasteiger partial charge is 0.410 e. The first-order valence-electron chi connectivity index (χ1n) is 12.3. The van der Waals surface area contributed by atoms with E-state index in [2.05, 4.69) is 10.2 Å². The highest BCUT2D eigenvalue weighted by Crippen LogP contribution is 2.25. The number of ether oxygens (including phenoxy) is 1. The van der Waals surface area contributed by atoms with Crippen molar-refractivity contribution in [3.8, 4) is 0 Å². The Bertz CT molecular complexity index is 1180. The Morgan fingerprint density at radius 1 is 1.11 bits per heavy atom. The number of benzene rings is 1. The molecule has 2 aliphatic rings. The number of hydrogen-bond acceptors (Lipinski definition) is 6. The quantitative estimate of drug-likeness (QED) is 0.648. The molecule has 2 saturated heterocycles. The molecular formula is C25H35N5O5. The van der Waals surface area contributed by atoms with Crippen molar-refractivity contribution in [1.82, 2.24) is 24.3 Å². The molecule has 0 aliphatic carbocycles. The number of rotatable bonds is 5. The predicted octanol–water partition coefficient (Wildman–Crippen LogP) is 1.80. The van der Waals surface area contributed by atoms with Gasteiger partial charge in [-0.2, -0.15) is 0 Å². The Kier molecular flexibility index (Phi) is 7.02. The number of piperazine rings is 1. The van der Waals surface area contributed by atoms with Crippen molar-refractivity contribution in [2.24, 2.45) is 7.05 Å². The fraction of sp³-hybridized carbons (Fsp3) is 0.600. The molecule has 1 atom stereocenters. The summed E-state index contributed by atoms with van der Waals surface area (Å²) in [5.41, 5.74) is 1.86. The molecule has 1 aromatic carbocycles. The van der Waals surface area contributed by atoms with E-state index in [4.69, 9.17) is 4.74 Å². The van der Waals surface area contributed by atoms with Crippen LogP contribution in [0.5, 0.6) is 0 Å². The van der Waals surface area contributed by atoms with Crippen LogP contribution in [0.3, 0.4) is 0 Å². The van der Waals surface area contributed by atoms with Crippen LogP contribution in [-0.4, -0.2) is 75.2 Å². The van der Waals surface area contributed by atoms with E-state index in [-0.39, 0.29) is 24.1 Å². The number of nitrogens with one attached hydrogen (secondary N) is 1. The molecule has 35 heavy (non-hydrogen) atoms. The van der Waals surface area contributed by atoms with Gasteiger partial charge in [-0.05, 0) is 58.2 Å². The molecule has 10 nitrogen and oxygen atoms in total. The van der Waals surface area contributed by atoms with Gasteiger partial charge in [-0.3, -0.25) is 28.9 Å². The molecule has 3 amide bonds. The molecule has 2 fully saturated rings. The third-order valence-electron chi connectivity index (χ3n) is 6.65. The Hall–Kier alpha value is -3.14. The summed E-state index contributed by atoms with van der Waals surface area (Å²) in [7, 11) is 1.73. The molecule has 0 spiro atoms. The first-order chi connectivity index (χ1) is 16.5. The van der Waals surface area contributed by atoms with Crippen LogP contribution in [0.2, 0.25) is 0 Å². The second-order valence-electron chi connectivity index (χ2n) is 10.4. The van der Waals surface area contributed by atoms with Crippen LogP contribution in [0.25, 0.3) is 11.0 Å². The van der Waals surface area contributed by atoms with E-state index in [0.717, 1.165) is 49.1 Å². The highest BCUT2D eigenvalue weighted by Gasteiger charge is 2.31. The first-order valence-corrected chi connectivity index (χ1v) is 12.3. The third kappa shape index (κ3) is 5.42. The average Bonchev–Trinajstić information content (AvgIpc) is 3.04. The van der Waals surface area contributed by atoms with Crippen molar-refractivity contribution in [1.29, 1.82) is 0 Å². The van der Waals surface area contributed by atoms with E-state index in [1.807, 2.05) is 39.0 Å². The number of amides is 3. The van der Waals surface area contributed by atoms with Gasteiger partial charge in [0.15, 0.2) is 0 Å². The van der Waals surface area contributed by atoms with Crippen molar-refractivity contribution in [3.05, 3.63) is 34.2 Å². The standard InChI is InChI=1S/C25H35N5O5/c1-25(2,3)35-24(34)29-15-13-28(14-16-29)12-6-8-17-7-5-9-18-21(17)27(4)23(33)30(18)19-10-11-20(31)26-22(19)32/h5,7,9,19H,6,8,10-16H2,1-4H3,(H,26,31,32). The van der Waals surface area contributed by atoms with Crippen molar-refractivity contribution < 1.29 is 19.1 Å². The lowest BCUT2D eigenvalue weighted by molar-refractivity contribution is -0.135. The summed E-state index contributed by atoms with van der Waals surface area (Å²) in [5, 5.41) is 2.35. The minimum Gasteiger partial charge on any atom is -0.444 e. The van der Waals surface area contributed by atoms with Crippen LogP contribution in [-0.2, 0) is 27.8 Å². The van der Waals surface area contributed by atoms with Crippen LogP contribution >= 0.6 is 0 Å². The summed E-state index contributed by atoms with van der Waals surface area (Å²) in [4.78, 5) is 53.4. The Balaban J connectivity index is 1.40. The normalized spacial score (nSPS) is 19.8. The number of fused-ring (bicyclic) bond motifs is 1. The van der Waals surface area contributed by atoms with Crippen molar-refractivity contribution in [3.63, 3.8) is 0 Å². The van der Waals surface area contributed by atoms with E-state index in [0.29, 0.717) is 19.5 Å². The van der Waals surface area contributed by atoms with Gasteiger partial charge >= 0.3 is 11.8 Å². The number of para-hydroxylation sites is 1. The molecular weight excluding hydrogens is 450 g/mol. The number of imide groups is 1. The molecule has 2 aromatic rings. The van der Waals surface area contributed by atoms with Gasteiger partial charge in [-0.1, -0.05) is 12.1 Å². The second kappa shape index (κ2) is 9.85. The monoisotopic (exact) mass is 485 g/mol. The van der Waals surface area contributed by atoms with Gasteiger partial charge in [0.25, 0.3) is 0 Å². The average molecular weight is 486 g/mol. The molecule has 1 N–H and O–H groups in total. The summed E-state index contributed by atoms with van der Waals surface area (Å²) in [6.07, 6.45) is 1.98. The summed E-state index contributed by atoms with van der Waals surface area (Å²) in [5.74, 6) is -0.723. The van der Waals surface area contributed by atoms with Gasteiger partial charge < -0.3 is 9.64 Å². The minimum atomic E-state index is -0.680. The van der Waals surface area contributed by atoms with E-state index >= 15 is 0 Å². The topological polar surface area (TPSA) is 106 Å². The van der Waals surface area contributed by atoms with Crippen LogP contribution < -0.4 is 11.0 Å². The lowest BCUT2D eigenvalue weighted by Gasteiger charge is -2.35. The minimum absolute atomic E-state index is 0.222. The Morgan fingerprint density at radius 3 is 2.49 bits per heavy atom. The maximum Gasteiger partial charge on any atom is 0.410 e. The highest BCUT2D eigenvalue weighted by atomic mass is 16.6. The molecule has 2 aliphatic heterocycles. The highest BCUT2D eigenvalue weighted by molar-refractivity contribution is 6.00. The summed E-state index contributed by atoms with van der Waals surface area (Å²) < 4.78 is 8.60. The number of hydrogen-bond donors (Lipinski definition) is 1. The molecule has 4 rings (SSSR count). The fourth-order valence-electron chi connectivity index (χ4n) is 4.92.